The zero-order valence-electron chi connectivity index (χ0n) is 8.25. The van der Waals surface area contributed by atoms with Gasteiger partial charge in [-0.3, -0.25) is 0 Å². The molecule has 1 fully saturated rings. The molecule has 2 unspecified atom stereocenters. The van der Waals surface area contributed by atoms with E-state index in [1.807, 2.05) is 6.92 Å². The SMILES string of the molecule is CCC1OCC(COc2nc(S)ns2)O1. The van der Waals surface area contributed by atoms with Gasteiger partial charge < -0.3 is 14.2 Å². The lowest BCUT2D eigenvalue weighted by Gasteiger charge is -2.09. The standard InChI is InChI=1S/C8H12N2O3S2/c1-2-6-11-3-5(13-6)4-12-8-9-7(14)10-15-8/h5-6H,2-4H2,1H3,(H,10,14). The van der Waals surface area contributed by atoms with Gasteiger partial charge in [-0.25, -0.2) is 0 Å². The molecule has 15 heavy (non-hydrogen) atoms. The van der Waals surface area contributed by atoms with Crippen LogP contribution in [0.1, 0.15) is 13.3 Å². The Hall–Kier alpha value is -0.370. The van der Waals surface area contributed by atoms with E-state index in [1.54, 1.807) is 0 Å². The van der Waals surface area contributed by atoms with Crippen LogP contribution in [0.3, 0.4) is 0 Å². The lowest BCUT2D eigenvalue weighted by atomic mass is 10.4. The molecule has 1 saturated heterocycles. The molecule has 0 radical (unpaired) electrons. The third-order valence-corrected chi connectivity index (χ3v) is 2.90. The van der Waals surface area contributed by atoms with Crippen molar-refractivity contribution in [1.29, 1.82) is 0 Å². The fourth-order valence-corrected chi connectivity index (χ4v) is 1.96. The Morgan fingerprint density at radius 1 is 1.67 bits per heavy atom. The summed E-state index contributed by atoms with van der Waals surface area (Å²) in [5, 5.41) is 0.952. The molecule has 2 rings (SSSR count). The van der Waals surface area contributed by atoms with Crippen molar-refractivity contribution < 1.29 is 14.2 Å². The second-order valence-electron chi connectivity index (χ2n) is 3.10. The molecule has 0 saturated carbocycles. The summed E-state index contributed by atoms with van der Waals surface area (Å²) in [6, 6.07) is 0. The predicted octanol–water partition coefficient (Wildman–Crippen LogP) is 1.36. The number of aromatic nitrogens is 2. The Labute approximate surface area is 97.3 Å². The van der Waals surface area contributed by atoms with Crippen molar-refractivity contribution in [2.24, 2.45) is 0 Å². The van der Waals surface area contributed by atoms with Gasteiger partial charge >= 0.3 is 0 Å². The molecule has 0 N–H and O–H groups in total. The highest BCUT2D eigenvalue weighted by molar-refractivity contribution is 7.80. The monoisotopic (exact) mass is 248 g/mol. The highest BCUT2D eigenvalue weighted by Gasteiger charge is 2.25. The first-order valence-corrected chi connectivity index (χ1v) is 5.92. The second-order valence-corrected chi connectivity index (χ2v) is 4.21. The summed E-state index contributed by atoms with van der Waals surface area (Å²) in [7, 11) is 0. The Morgan fingerprint density at radius 2 is 2.53 bits per heavy atom. The van der Waals surface area contributed by atoms with Gasteiger partial charge in [-0.05, 0) is 6.42 Å². The van der Waals surface area contributed by atoms with Gasteiger partial charge in [0.25, 0.3) is 5.19 Å². The molecule has 0 spiro atoms. The quantitative estimate of drug-likeness (QED) is 0.815. The first-order chi connectivity index (χ1) is 7.28. The van der Waals surface area contributed by atoms with E-state index in [2.05, 4.69) is 22.0 Å². The lowest BCUT2D eigenvalue weighted by Crippen LogP contribution is -2.20. The summed E-state index contributed by atoms with van der Waals surface area (Å²) in [5.74, 6) is 0. The molecular weight excluding hydrogens is 236 g/mol. The van der Waals surface area contributed by atoms with Gasteiger partial charge in [0.15, 0.2) is 6.29 Å². The van der Waals surface area contributed by atoms with Crippen molar-refractivity contribution in [3.8, 4) is 5.19 Å². The minimum absolute atomic E-state index is 0.0118. The number of nitrogens with zero attached hydrogens (tertiary/aromatic N) is 2. The molecule has 1 aromatic heterocycles. The summed E-state index contributed by atoms with van der Waals surface area (Å²) in [5.41, 5.74) is 0. The predicted molar refractivity (Wildman–Crippen MR) is 57.6 cm³/mol. The van der Waals surface area contributed by atoms with Crippen molar-refractivity contribution in [1.82, 2.24) is 9.36 Å². The van der Waals surface area contributed by atoms with Crippen LogP contribution in [-0.2, 0) is 9.47 Å². The maximum absolute atomic E-state index is 5.53. The number of hydrogen-bond acceptors (Lipinski definition) is 7. The van der Waals surface area contributed by atoms with Crippen molar-refractivity contribution >= 4 is 24.2 Å². The lowest BCUT2D eigenvalue weighted by molar-refractivity contribution is -0.0643. The van der Waals surface area contributed by atoms with Gasteiger partial charge in [0.2, 0.25) is 5.16 Å². The van der Waals surface area contributed by atoms with Gasteiger partial charge in [0.05, 0.1) is 6.61 Å². The third kappa shape index (κ3) is 3.04. The summed E-state index contributed by atoms with van der Waals surface area (Å²) < 4.78 is 20.2. The van der Waals surface area contributed by atoms with E-state index < -0.39 is 0 Å². The fraction of sp³-hybridized carbons (Fsp3) is 0.750. The van der Waals surface area contributed by atoms with Crippen LogP contribution < -0.4 is 4.74 Å². The highest BCUT2D eigenvalue weighted by Crippen LogP contribution is 2.19. The number of rotatable bonds is 4. The van der Waals surface area contributed by atoms with E-state index >= 15 is 0 Å². The molecule has 7 heteroatoms. The van der Waals surface area contributed by atoms with E-state index in [4.69, 9.17) is 14.2 Å². The number of hydrogen-bond donors (Lipinski definition) is 1. The van der Waals surface area contributed by atoms with Gasteiger partial charge in [0.1, 0.15) is 12.7 Å². The number of ether oxygens (including phenoxy) is 3. The minimum Gasteiger partial charge on any atom is -0.466 e. The molecule has 2 atom stereocenters. The number of thiol groups is 1. The van der Waals surface area contributed by atoms with Gasteiger partial charge in [-0.2, -0.15) is 9.36 Å². The maximum Gasteiger partial charge on any atom is 0.294 e. The average molecular weight is 248 g/mol. The van der Waals surface area contributed by atoms with E-state index in [9.17, 15) is 0 Å². The highest BCUT2D eigenvalue weighted by atomic mass is 32.1. The van der Waals surface area contributed by atoms with Crippen LogP contribution in [0.15, 0.2) is 5.16 Å². The van der Waals surface area contributed by atoms with Crippen molar-refractivity contribution in [3.05, 3.63) is 0 Å². The molecule has 0 aromatic carbocycles. The van der Waals surface area contributed by atoms with Crippen LogP contribution in [0.4, 0.5) is 0 Å². The zero-order chi connectivity index (χ0) is 10.7. The van der Waals surface area contributed by atoms with Gasteiger partial charge in [-0.15, -0.1) is 12.6 Å². The van der Waals surface area contributed by atoms with Gasteiger partial charge in [-0.1, -0.05) is 6.92 Å². The molecule has 0 bridgehead atoms. The summed E-state index contributed by atoms with van der Waals surface area (Å²) in [6.45, 7) is 3.04. The molecule has 1 aliphatic heterocycles. The Kier molecular flexibility index (Phi) is 3.79. The van der Waals surface area contributed by atoms with E-state index in [0.29, 0.717) is 23.6 Å². The molecule has 1 aromatic rings. The van der Waals surface area contributed by atoms with E-state index in [0.717, 1.165) is 6.42 Å². The summed E-state index contributed by atoms with van der Waals surface area (Å²) >= 11 is 5.17. The van der Waals surface area contributed by atoms with Crippen molar-refractivity contribution in [2.75, 3.05) is 13.2 Å². The minimum atomic E-state index is -0.0894. The van der Waals surface area contributed by atoms with Crippen molar-refractivity contribution in [3.63, 3.8) is 0 Å². The van der Waals surface area contributed by atoms with Crippen LogP contribution in [0.2, 0.25) is 0 Å². The van der Waals surface area contributed by atoms with Crippen LogP contribution in [-0.4, -0.2) is 35.0 Å². The maximum atomic E-state index is 5.53. The molecule has 84 valence electrons. The van der Waals surface area contributed by atoms with Crippen LogP contribution >= 0.6 is 24.2 Å². The average Bonchev–Trinajstić information content (AvgIpc) is 2.83. The van der Waals surface area contributed by atoms with E-state index in [1.165, 1.54) is 11.5 Å². The van der Waals surface area contributed by atoms with Gasteiger partial charge in [0, 0.05) is 11.5 Å². The van der Waals surface area contributed by atoms with Crippen LogP contribution in [0.5, 0.6) is 5.19 Å². The third-order valence-electron chi connectivity index (χ3n) is 1.93. The first-order valence-electron chi connectivity index (χ1n) is 4.70. The molecule has 5 nitrogen and oxygen atoms in total. The molecule has 2 heterocycles. The zero-order valence-corrected chi connectivity index (χ0v) is 9.96. The summed E-state index contributed by atoms with van der Waals surface area (Å²) in [6.07, 6.45) is 0.756. The normalized spacial score (nSPS) is 25.7. The molecule has 1 aliphatic rings. The van der Waals surface area contributed by atoms with E-state index in [-0.39, 0.29) is 12.4 Å². The molecule has 0 aliphatic carbocycles. The Balaban J connectivity index is 1.75. The molecular formula is C8H12N2O3S2. The topological polar surface area (TPSA) is 53.5 Å². The second kappa shape index (κ2) is 5.11. The first kappa shape index (κ1) is 11.1. The van der Waals surface area contributed by atoms with Crippen LogP contribution in [0, 0.1) is 0 Å². The fourth-order valence-electron chi connectivity index (χ4n) is 1.23. The largest absolute Gasteiger partial charge is 0.466 e. The van der Waals surface area contributed by atoms with Crippen LogP contribution in [0.25, 0.3) is 0 Å². The Bertz CT molecular complexity index is 321. The molecule has 0 amide bonds. The smallest absolute Gasteiger partial charge is 0.294 e. The van der Waals surface area contributed by atoms with Crippen molar-refractivity contribution in [2.45, 2.75) is 30.9 Å². The summed E-state index contributed by atoms with van der Waals surface area (Å²) in [4.78, 5) is 3.96. The Morgan fingerprint density at radius 3 is 3.13 bits per heavy atom.